The molecule has 3 aromatic rings. The summed E-state index contributed by atoms with van der Waals surface area (Å²) < 4.78 is 47.9. The third-order valence-electron chi connectivity index (χ3n) is 4.67. The Morgan fingerprint density at radius 3 is 2.72 bits per heavy atom. The van der Waals surface area contributed by atoms with Crippen molar-refractivity contribution in [3.05, 3.63) is 46.4 Å². The third kappa shape index (κ3) is 5.09. The summed E-state index contributed by atoms with van der Waals surface area (Å²) in [5.41, 5.74) is -1.19. The Hall–Kier alpha value is -2.96. The highest BCUT2D eigenvalue weighted by Crippen LogP contribution is 2.30. The van der Waals surface area contributed by atoms with E-state index in [-0.39, 0.29) is 11.3 Å². The average Bonchev–Trinajstić information content (AvgIpc) is 2.77. The van der Waals surface area contributed by atoms with Crippen LogP contribution < -0.4 is 25.6 Å². The largest absolute Gasteiger partial charge is 0.354 e. The fraction of sp³-hybridized carbons (Fsp3) is 0.350. The molecule has 0 spiro atoms. The molecule has 9 nitrogen and oxygen atoms in total. The number of hydrogen-bond acceptors (Lipinski definition) is 6. The summed E-state index contributed by atoms with van der Waals surface area (Å²) >= 11 is -1.77. The standard InChI is InChI=1S/C20H25F2N7O2S/c1-4-26-32(31)28-15-7-6-14(21)16(17(15)22)13-10-12-11-25-20(24-9-5-8-23-2)27-18(12)29(3)19(13)30/h6-7,10-11,23,26,28H,4-5,8-9H2,1-3H3,(H,24,25,27). The molecular weight excluding hydrogens is 440 g/mol. The van der Waals surface area contributed by atoms with Crippen LogP contribution >= 0.6 is 0 Å². The maximum Gasteiger partial charge on any atom is 0.260 e. The number of nitrogens with zero attached hydrogens (tertiary/aromatic N) is 3. The van der Waals surface area contributed by atoms with Gasteiger partial charge in [0, 0.05) is 31.7 Å². The van der Waals surface area contributed by atoms with E-state index in [1.54, 1.807) is 6.92 Å². The number of pyridine rings is 1. The molecule has 0 fully saturated rings. The molecule has 0 saturated heterocycles. The summed E-state index contributed by atoms with van der Waals surface area (Å²) in [7, 11) is 3.34. The zero-order chi connectivity index (χ0) is 23.3. The SMILES string of the molecule is CCNS(=O)Nc1ccc(F)c(-c2cc3cnc(NCCCNC)nc3n(C)c2=O)c1F. The van der Waals surface area contributed by atoms with Crippen molar-refractivity contribution in [3.8, 4) is 11.1 Å². The predicted molar refractivity (Wildman–Crippen MR) is 123 cm³/mol. The highest BCUT2D eigenvalue weighted by molar-refractivity contribution is 7.84. The van der Waals surface area contributed by atoms with Crippen molar-refractivity contribution in [2.24, 2.45) is 7.05 Å². The van der Waals surface area contributed by atoms with Crippen LogP contribution in [0.3, 0.4) is 0 Å². The number of rotatable bonds is 10. The number of aromatic nitrogens is 3. The normalized spacial score (nSPS) is 12.2. The highest BCUT2D eigenvalue weighted by atomic mass is 32.2. The first-order valence-electron chi connectivity index (χ1n) is 10.0. The summed E-state index contributed by atoms with van der Waals surface area (Å²) in [5, 5.41) is 6.56. The molecular formula is C20H25F2N7O2S. The second-order valence-electron chi connectivity index (χ2n) is 6.93. The first-order chi connectivity index (χ1) is 15.4. The molecule has 4 N–H and O–H groups in total. The Bertz CT molecular complexity index is 1200. The molecule has 0 aliphatic carbocycles. The van der Waals surface area contributed by atoms with Gasteiger partial charge in [0.1, 0.15) is 11.5 Å². The topological polar surface area (TPSA) is 113 Å². The van der Waals surface area contributed by atoms with Crippen molar-refractivity contribution < 1.29 is 13.0 Å². The van der Waals surface area contributed by atoms with Gasteiger partial charge in [-0.25, -0.2) is 22.7 Å². The molecule has 2 aromatic heterocycles. The highest BCUT2D eigenvalue weighted by Gasteiger charge is 2.21. The number of aryl methyl sites for hydroxylation is 1. The molecule has 1 atom stereocenters. The lowest BCUT2D eigenvalue weighted by molar-refractivity contribution is 0.591. The predicted octanol–water partition coefficient (Wildman–Crippen LogP) is 1.90. The van der Waals surface area contributed by atoms with Gasteiger partial charge in [0.05, 0.1) is 16.8 Å². The second kappa shape index (κ2) is 10.6. The molecule has 0 saturated carbocycles. The molecule has 3 rings (SSSR count). The first kappa shape index (κ1) is 23.7. The Morgan fingerprint density at radius 2 is 2.00 bits per heavy atom. The van der Waals surface area contributed by atoms with Gasteiger partial charge < -0.3 is 10.6 Å². The van der Waals surface area contributed by atoms with E-state index in [1.807, 2.05) is 7.05 Å². The van der Waals surface area contributed by atoms with Gasteiger partial charge in [-0.2, -0.15) is 4.98 Å². The lowest BCUT2D eigenvalue weighted by Gasteiger charge is -2.13. The number of hydrogen-bond donors (Lipinski definition) is 4. The van der Waals surface area contributed by atoms with Gasteiger partial charge in [-0.1, -0.05) is 6.92 Å². The van der Waals surface area contributed by atoms with Gasteiger partial charge in [-0.15, -0.1) is 0 Å². The van der Waals surface area contributed by atoms with E-state index in [1.165, 1.54) is 23.9 Å². The molecule has 0 radical (unpaired) electrons. The zero-order valence-electron chi connectivity index (χ0n) is 18.0. The molecule has 0 aliphatic rings. The summed E-state index contributed by atoms with van der Waals surface area (Å²) in [6.07, 6.45) is 2.35. The zero-order valence-corrected chi connectivity index (χ0v) is 18.8. The van der Waals surface area contributed by atoms with Crippen molar-refractivity contribution >= 4 is 33.8 Å². The van der Waals surface area contributed by atoms with E-state index in [0.29, 0.717) is 30.1 Å². The van der Waals surface area contributed by atoms with Gasteiger partial charge in [0.25, 0.3) is 5.56 Å². The minimum atomic E-state index is -1.77. The lowest BCUT2D eigenvalue weighted by Crippen LogP contribution is -2.24. The minimum Gasteiger partial charge on any atom is -0.354 e. The Kier molecular flexibility index (Phi) is 7.83. The molecule has 12 heteroatoms. The van der Waals surface area contributed by atoms with E-state index < -0.39 is 33.9 Å². The number of nitrogens with one attached hydrogen (secondary N) is 4. The van der Waals surface area contributed by atoms with Crippen LogP contribution in [0.5, 0.6) is 0 Å². The average molecular weight is 466 g/mol. The Balaban J connectivity index is 2.03. The van der Waals surface area contributed by atoms with Gasteiger partial charge in [0.2, 0.25) is 5.95 Å². The fourth-order valence-corrected chi connectivity index (χ4v) is 3.81. The number of benzene rings is 1. The first-order valence-corrected chi connectivity index (χ1v) is 11.2. The van der Waals surface area contributed by atoms with Crippen molar-refractivity contribution in [1.82, 2.24) is 24.6 Å². The van der Waals surface area contributed by atoms with Gasteiger partial charge in [-0.3, -0.25) is 14.1 Å². The van der Waals surface area contributed by atoms with Crippen molar-refractivity contribution in [2.75, 3.05) is 36.7 Å². The van der Waals surface area contributed by atoms with E-state index in [4.69, 9.17) is 0 Å². The molecule has 1 aromatic carbocycles. The van der Waals surface area contributed by atoms with Crippen LogP contribution in [-0.4, -0.2) is 45.4 Å². The molecule has 32 heavy (non-hydrogen) atoms. The quantitative estimate of drug-likeness (QED) is 0.340. The smallest absolute Gasteiger partial charge is 0.260 e. The molecule has 172 valence electrons. The minimum absolute atomic E-state index is 0.189. The van der Waals surface area contributed by atoms with Crippen LogP contribution in [0.1, 0.15) is 13.3 Å². The van der Waals surface area contributed by atoms with Gasteiger partial charge in [-0.05, 0) is 38.2 Å². The van der Waals surface area contributed by atoms with Crippen LogP contribution in [0.15, 0.2) is 29.2 Å². The van der Waals surface area contributed by atoms with Crippen LogP contribution in [0.25, 0.3) is 22.2 Å². The van der Waals surface area contributed by atoms with Crippen LogP contribution in [-0.2, 0) is 18.2 Å². The molecule has 0 bridgehead atoms. The maximum absolute atomic E-state index is 15.1. The second-order valence-corrected chi connectivity index (χ2v) is 7.96. The van der Waals surface area contributed by atoms with E-state index >= 15 is 4.39 Å². The fourth-order valence-electron chi connectivity index (χ4n) is 3.12. The summed E-state index contributed by atoms with van der Waals surface area (Å²) in [6, 6.07) is 3.50. The van der Waals surface area contributed by atoms with Crippen LogP contribution in [0.4, 0.5) is 20.4 Å². The van der Waals surface area contributed by atoms with Crippen molar-refractivity contribution in [2.45, 2.75) is 13.3 Å². The van der Waals surface area contributed by atoms with Crippen LogP contribution in [0.2, 0.25) is 0 Å². The molecule has 1 unspecified atom stereocenters. The molecule has 0 aliphatic heterocycles. The van der Waals surface area contributed by atoms with Crippen LogP contribution in [0, 0.1) is 11.6 Å². The summed E-state index contributed by atoms with van der Waals surface area (Å²) in [5.74, 6) is -1.58. The molecule has 0 amide bonds. The third-order valence-corrected chi connectivity index (χ3v) is 5.63. The van der Waals surface area contributed by atoms with E-state index in [2.05, 4.69) is 30.0 Å². The van der Waals surface area contributed by atoms with Crippen molar-refractivity contribution in [3.63, 3.8) is 0 Å². The number of halogens is 2. The lowest BCUT2D eigenvalue weighted by atomic mass is 10.0. The monoisotopic (exact) mass is 465 g/mol. The number of fused-ring (bicyclic) bond motifs is 1. The van der Waals surface area contributed by atoms with E-state index in [0.717, 1.165) is 25.1 Å². The Morgan fingerprint density at radius 1 is 1.22 bits per heavy atom. The Labute approximate surface area is 186 Å². The maximum atomic E-state index is 15.1. The van der Waals surface area contributed by atoms with E-state index in [9.17, 15) is 13.4 Å². The van der Waals surface area contributed by atoms with Gasteiger partial charge >= 0.3 is 0 Å². The molecule has 2 heterocycles. The van der Waals surface area contributed by atoms with Gasteiger partial charge in [0.15, 0.2) is 17.0 Å². The summed E-state index contributed by atoms with van der Waals surface area (Å²) in [4.78, 5) is 21.6. The van der Waals surface area contributed by atoms with Crippen molar-refractivity contribution in [1.29, 1.82) is 0 Å². The summed E-state index contributed by atoms with van der Waals surface area (Å²) in [6.45, 7) is 3.58. The number of anilines is 2.